The lowest BCUT2D eigenvalue weighted by atomic mass is 9.74. The molecule has 2 aromatic rings. The molecule has 0 radical (unpaired) electrons. The van der Waals surface area contributed by atoms with Gasteiger partial charge in [0.05, 0.1) is 29.5 Å². The third kappa shape index (κ3) is 5.90. The number of rotatable bonds is 8. The average molecular weight is 556 g/mol. The van der Waals surface area contributed by atoms with Crippen molar-refractivity contribution in [1.29, 1.82) is 0 Å². The lowest BCUT2D eigenvalue weighted by Crippen LogP contribution is -2.43. The Hall–Kier alpha value is -1.61. The lowest BCUT2D eigenvalue weighted by molar-refractivity contribution is 0.00578. The Bertz CT molecular complexity index is 1170. The van der Waals surface area contributed by atoms with Crippen LogP contribution in [0.2, 0.25) is 18.1 Å². The van der Waals surface area contributed by atoms with E-state index < -0.39 is 26.6 Å². The van der Waals surface area contributed by atoms with Crippen LogP contribution < -0.4 is 5.59 Å². The van der Waals surface area contributed by atoms with Gasteiger partial charge in [-0.05, 0) is 88.7 Å². The number of aromatic nitrogens is 1. The normalized spacial score (nSPS) is 20.1. The summed E-state index contributed by atoms with van der Waals surface area (Å²) in [7, 11) is -0.877. The Balaban J connectivity index is 1.81. The van der Waals surface area contributed by atoms with Crippen LogP contribution in [-0.2, 0) is 25.0 Å². The van der Waals surface area contributed by atoms with Crippen molar-refractivity contribution in [3.8, 4) is 0 Å². The highest BCUT2D eigenvalue weighted by Gasteiger charge is 2.54. The molecule has 0 unspecified atom stereocenters. The number of carbonyl (C=O) groups excluding carboxylic acids is 1. The number of methoxy groups -OCH3 is 1. The van der Waals surface area contributed by atoms with Crippen LogP contribution >= 0.6 is 0 Å². The van der Waals surface area contributed by atoms with Crippen LogP contribution in [-0.4, -0.2) is 50.9 Å². The third-order valence-corrected chi connectivity index (χ3v) is 14.4. The molecule has 2 aliphatic rings. The second-order valence-electron chi connectivity index (χ2n) is 14.1. The first kappa shape index (κ1) is 30.4. The van der Waals surface area contributed by atoms with E-state index in [1.54, 1.807) is 0 Å². The Morgan fingerprint density at radius 3 is 2.26 bits per heavy atom. The minimum atomic E-state index is -1.84. The van der Waals surface area contributed by atoms with Gasteiger partial charge in [-0.15, -0.1) is 0 Å². The SMILES string of the molecule is COC(=O)c1ccc2c(C3CCCCC3)c(B3OC(C)(C)C(C)(C)O3)n(CCCO[Si](C)(C)C(C)(C)C)c2c1. The van der Waals surface area contributed by atoms with E-state index in [1.807, 2.05) is 12.1 Å². The number of fused-ring (bicyclic) bond motifs is 1. The van der Waals surface area contributed by atoms with E-state index in [9.17, 15) is 4.79 Å². The fourth-order valence-corrected chi connectivity index (χ4v) is 6.76. The maximum atomic E-state index is 12.6. The number of esters is 1. The monoisotopic (exact) mass is 555 g/mol. The second kappa shape index (κ2) is 11.0. The standard InChI is InChI=1S/C31H50BNO5Si/c1-29(2,3)39(9,10)36-20-14-19-33-25-21-23(28(34)35-8)17-18-24(25)26(22-15-12-11-13-16-22)27(33)32-37-30(4,5)31(6,7)38-32/h17-18,21-22H,11-16,19-20H2,1-10H3. The highest BCUT2D eigenvalue weighted by molar-refractivity contribution is 6.74. The Morgan fingerprint density at radius 1 is 1.08 bits per heavy atom. The van der Waals surface area contributed by atoms with Gasteiger partial charge in [0.15, 0.2) is 8.32 Å². The average Bonchev–Trinajstić information content (AvgIpc) is 3.29. The quantitative estimate of drug-likeness (QED) is 0.196. The van der Waals surface area contributed by atoms with Gasteiger partial charge in [0.25, 0.3) is 0 Å². The van der Waals surface area contributed by atoms with E-state index in [2.05, 4.69) is 72.2 Å². The molecular weight excluding hydrogens is 505 g/mol. The molecule has 1 aliphatic carbocycles. The van der Waals surface area contributed by atoms with Crippen LogP contribution in [0.3, 0.4) is 0 Å². The first-order chi connectivity index (χ1) is 18.1. The topological polar surface area (TPSA) is 58.9 Å². The highest BCUT2D eigenvalue weighted by Crippen LogP contribution is 2.42. The van der Waals surface area contributed by atoms with Gasteiger partial charge in [-0.3, -0.25) is 0 Å². The number of aryl methyl sites for hydroxylation is 1. The Kier molecular flexibility index (Phi) is 8.56. The van der Waals surface area contributed by atoms with E-state index in [0.717, 1.165) is 24.1 Å². The molecule has 8 heteroatoms. The van der Waals surface area contributed by atoms with Gasteiger partial charge in [-0.2, -0.15) is 0 Å². The molecule has 6 nitrogen and oxygen atoms in total. The number of hydrogen-bond acceptors (Lipinski definition) is 5. The van der Waals surface area contributed by atoms with Crippen molar-refractivity contribution in [1.82, 2.24) is 4.57 Å². The summed E-state index contributed by atoms with van der Waals surface area (Å²) >= 11 is 0. The molecule has 0 N–H and O–H groups in total. The van der Waals surface area contributed by atoms with Crippen molar-refractivity contribution < 1.29 is 23.3 Å². The number of hydrogen-bond donors (Lipinski definition) is 0. The predicted molar refractivity (Wildman–Crippen MR) is 163 cm³/mol. The molecule has 0 spiro atoms. The lowest BCUT2D eigenvalue weighted by Gasteiger charge is -2.36. The maximum absolute atomic E-state index is 12.6. The smallest absolute Gasteiger partial charge is 0.465 e. The number of benzene rings is 1. The zero-order valence-electron chi connectivity index (χ0n) is 26.0. The van der Waals surface area contributed by atoms with Gasteiger partial charge in [0, 0.05) is 24.1 Å². The summed E-state index contributed by atoms with van der Waals surface area (Å²) in [4.78, 5) is 12.6. The van der Waals surface area contributed by atoms with Crippen molar-refractivity contribution in [2.45, 2.75) is 129 Å². The van der Waals surface area contributed by atoms with E-state index in [0.29, 0.717) is 18.1 Å². The predicted octanol–water partition coefficient (Wildman–Crippen LogP) is 7.19. The summed E-state index contributed by atoms with van der Waals surface area (Å²) in [6.07, 6.45) is 6.97. The van der Waals surface area contributed by atoms with Crippen molar-refractivity contribution in [2.24, 2.45) is 0 Å². The summed E-state index contributed by atoms with van der Waals surface area (Å²) in [5.74, 6) is 0.131. The molecule has 0 bridgehead atoms. The number of carbonyl (C=O) groups is 1. The molecule has 1 aromatic heterocycles. The molecule has 39 heavy (non-hydrogen) atoms. The van der Waals surface area contributed by atoms with Gasteiger partial charge in [-0.25, -0.2) is 4.79 Å². The Morgan fingerprint density at radius 2 is 1.69 bits per heavy atom. The fourth-order valence-electron chi connectivity index (χ4n) is 5.68. The molecule has 0 atom stereocenters. The van der Waals surface area contributed by atoms with Crippen LogP contribution in [0.4, 0.5) is 0 Å². The maximum Gasteiger partial charge on any atom is 0.512 e. The van der Waals surface area contributed by atoms with E-state index in [-0.39, 0.29) is 11.0 Å². The van der Waals surface area contributed by atoms with Gasteiger partial charge < -0.3 is 23.0 Å². The zero-order chi connectivity index (χ0) is 28.8. The highest BCUT2D eigenvalue weighted by atomic mass is 28.4. The molecule has 0 amide bonds. The molecule has 1 saturated carbocycles. The summed E-state index contributed by atoms with van der Waals surface area (Å²) < 4.78 is 27.4. The molecular formula is C31H50BNO5Si. The molecule has 4 rings (SSSR count). The minimum Gasteiger partial charge on any atom is -0.465 e. The summed E-state index contributed by atoms with van der Waals surface area (Å²) in [6.45, 7) is 21.4. The van der Waals surface area contributed by atoms with E-state index in [4.69, 9.17) is 18.5 Å². The van der Waals surface area contributed by atoms with E-state index in [1.165, 1.54) is 50.2 Å². The van der Waals surface area contributed by atoms with Crippen molar-refractivity contribution in [2.75, 3.05) is 13.7 Å². The summed E-state index contributed by atoms with van der Waals surface area (Å²) in [6, 6.07) is 6.01. The molecule has 1 aromatic carbocycles. The van der Waals surface area contributed by atoms with Crippen molar-refractivity contribution in [3.05, 3.63) is 29.3 Å². The van der Waals surface area contributed by atoms with Gasteiger partial charge >= 0.3 is 13.1 Å². The van der Waals surface area contributed by atoms with Crippen LogP contribution in [0.5, 0.6) is 0 Å². The number of nitrogens with zero attached hydrogens (tertiary/aromatic N) is 1. The van der Waals surface area contributed by atoms with Crippen LogP contribution in [0.15, 0.2) is 18.2 Å². The number of ether oxygens (including phenoxy) is 1. The molecule has 216 valence electrons. The second-order valence-corrected chi connectivity index (χ2v) is 18.9. The van der Waals surface area contributed by atoms with Crippen molar-refractivity contribution >= 4 is 37.9 Å². The van der Waals surface area contributed by atoms with E-state index >= 15 is 0 Å². The van der Waals surface area contributed by atoms with Crippen LogP contribution in [0.25, 0.3) is 10.9 Å². The van der Waals surface area contributed by atoms with Crippen molar-refractivity contribution in [3.63, 3.8) is 0 Å². The first-order valence-corrected chi connectivity index (χ1v) is 17.7. The van der Waals surface area contributed by atoms with Gasteiger partial charge in [0.1, 0.15) is 0 Å². The largest absolute Gasteiger partial charge is 0.512 e. The summed E-state index contributed by atoms with van der Waals surface area (Å²) in [5.41, 5.74) is 3.19. The van der Waals surface area contributed by atoms with Crippen LogP contribution in [0.1, 0.15) is 109 Å². The van der Waals surface area contributed by atoms with Gasteiger partial charge in [-0.1, -0.05) is 46.1 Å². The molecule has 2 heterocycles. The van der Waals surface area contributed by atoms with Gasteiger partial charge in [0.2, 0.25) is 0 Å². The first-order valence-electron chi connectivity index (χ1n) is 14.8. The zero-order valence-corrected chi connectivity index (χ0v) is 27.0. The molecule has 1 saturated heterocycles. The molecule has 2 fully saturated rings. The fraction of sp³-hybridized carbons (Fsp3) is 0.710. The molecule has 1 aliphatic heterocycles. The minimum absolute atomic E-state index is 0.171. The summed E-state index contributed by atoms with van der Waals surface area (Å²) in [5, 5.41) is 1.37. The third-order valence-electron chi connectivity index (χ3n) is 9.85. The van der Waals surface area contributed by atoms with Crippen LogP contribution in [0, 0.1) is 0 Å². The Labute approximate surface area is 237 Å².